The fraction of sp³-hybridized carbons (Fsp3) is 0.250. The maximum atomic E-state index is 12.8. The third-order valence-electron chi connectivity index (χ3n) is 5.78. The SMILES string of the molecule is Cc1c(C(=O)NC(C)c2ccco2)cnn1-c1ncc2c(n1)-c1ccccc1CCC2. The molecule has 0 saturated heterocycles. The number of aromatic nitrogens is 4. The summed E-state index contributed by atoms with van der Waals surface area (Å²) in [5.74, 6) is 0.949. The standard InChI is InChI=1S/C24H23N5O2/c1-15(21-11-6-12-31-21)27-23(30)20-14-26-29(16(20)2)24-25-13-18-9-5-8-17-7-3-4-10-19(17)22(18)28-24/h3-4,6-7,10-15H,5,8-9H2,1-2H3,(H,27,30). The number of amides is 1. The number of rotatable bonds is 4. The molecule has 0 bridgehead atoms. The van der Waals surface area contributed by atoms with Crippen LogP contribution in [0.3, 0.4) is 0 Å². The van der Waals surface area contributed by atoms with Crippen LogP contribution in [0.5, 0.6) is 0 Å². The van der Waals surface area contributed by atoms with Crippen molar-refractivity contribution >= 4 is 5.91 Å². The summed E-state index contributed by atoms with van der Waals surface area (Å²) in [6.45, 7) is 3.73. The summed E-state index contributed by atoms with van der Waals surface area (Å²) in [4.78, 5) is 22.2. The fourth-order valence-corrected chi connectivity index (χ4v) is 4.07. The zero-order valence-corrected chi connectivity index (χ0v) is 17.5. The summed E-state index contributed by atoms with van der Waals surface area (Å²) < 4.78 is 7.00. The van der Waals surface area contributed by atoms with Crippen LogP contribution in [-0.2, 0) is 12.8 Å². The molecule has 1 N–H and O–H groups in total. The molecule has 7 nitrogen and oxygen atoms in total. The Morgan fingerprint density at radius 1 is 1.13 bits per heavy atom. The molecule has 1 amide bonds. The largest absolute Gasteiger partial charge is 0.467 e. The van der Waals surface area contributed by atoms with Gasteiger partial charge in [-0.1, -0.05) is 24.3 Å². The summed E-state index contributed by atoms with van der Waals surface area (Å²) in [5, 5.41) is 7.36. The topological polar surface area (TPSA) is 85.8 Å². The van der Waals surface area contributed by atoms with E-state index >= 15 is 0 Å². The van der Waals surface area contributed by atoms with Gasteiger partial charge in [-0.05, 0) is 56.4 Å². The van der Waals surface area contributed by atoms with Crippen molar-refractivity contribution in [3.05, 3.63) is 83.2 Å². The average molecular weight is 413 g/mol. The summed E-state index contributed by atoms with van der Waals surface area (Å²) in [6.07, 6.45) is 8.09. The molecule has 7 heteroatoms. The Morgan fingerprint density at radius 3 is 2.81 bits per heavy atom. The molecule has 0 radical (unpaired) electrons. The van der Waals surface area contributed by atoms with Crippen LogP contribution in [0.25, 0.3) is 17.2 Å². The van der Waals surface area contributed by atoms with Crippen molar-refractivity contribution in [3.63, 3.8) is 0 Å². The number of carbonyl (C=O) groups excluding carboxylic acids is 1. The second kappa shape index (κ2) is 7.83. The molecule has 3 heterocycles. The number of hydrogen-bond donors (Lipinski definition) is 1. The normalized spacial score (nSPS) is 13.7. The van der Waals surface area contributed by atoms with Crippen molar-refractivity contribution in [2.75, 3.05) is 0 Å². The summed E-state index contributed by atoms with van der Waals surface area (Å²) in [6, 6.07) is 11.8. The van der Waals surface area contributed by atoms with Gasteiger partial charge in [-0.2, -0.15) is 5.10 Å². The third-order valence-corrected chi connectivity index (χ3v) is 5.78. The van der Waals surface area contributed by atoms with Crippen LogP contribution < -0.4 is 5.32 Å². The van der Waals surface area contributed by atoms with Gasteiger partial charge in [0.25, 0.3) is 11.9 Å². The van der Waals surface area contributed by atoms with E-state index in [4.69, 9.17) is 9.40 Å². The number of benzene rings is 1. The Bertz CT molecular complexity index is 1240. The highest BCUT2D eigenvalue weighted by Gasteiger charge is 2.21. The van der Waals surface area contributed by atoms with Crippen LogP contribution >= 0.6 is 0 Å². The monoisotopic (exact) mass is 413 g/mol. The Balaban J connectivity index is 1.47. The van der Waals surface area contributed by atoms with Crippen molar-refractivity contribution in [3.8, 4) is 17.2 Å². The maximum Gasteiger partial charge on any atom is 0.255 e. The quantitative estimate of drug-likeness (QED) is 0.542. The molecule has 0 fully saturated rings. The Kier molecular flexibility index (Phi) is 4.86. The lowest BCUT2D eigenvalue weighted by atomic mass is 10.0. The molecule has 1 aliphatic carbocycles. The van der Waals surface area contributed by atoms with E-state index in [1.807, 2.05) is 32.2 Å². The van der Waals surface area contributed by atoms with E-state index in [0.717, 1.165) is 36.1 Å². The number of nitrogens with zero attached hydrogens (tertiary/aromatic N) is 4. The Labute approximate surface area is 180 Å². The number of aryl methyl sites for hydroxylation is 2. The van der Waals surface area contributed by atoms with Crippen molar-refractivity contribution in [1.29, 1.82) is 0 Å². The van der Waals surface area contributed by atoms with Gasteiger partial charge in [0.2, 0.25) is 0 Å². The molecule has 0 saturated carbocycles. The first-order valence-corrected chi connectivity index (χ1v) is 10.5. The van der Waals surface area contributed by atoms with Gasteiger partial charge in [0.05, 0.1) is 35.5 Å². The van der Waals surface area contributed by atoms with E-state index in [1.54, 1.807) is 23.2 Å². The van der Waals surface area contributed by atoms with E-state index in [9.17, 15) is 4.79 Å². The molecule has 31 heavy (non-hydrogen) atoms. The van der Waals surface area contributed by atoms with Gasteiger partial charge in [0.1, 0.15) is 5.76 Å². The van der Waals surface area contributed by atoms with Gasteiger partial charge in [0.15, 0.2) is 0 Å². The molecule has 156 valence electrons. The third kappa shape index (κ3) is 3.52. The molecule has 1 atom stereocenters. The van der Waals surface area contributed by atoms with Gasteiger partial charge in [-0.25, -0.2) is 14.6 Å². The number of nitrogens with one attached hydrogen (secondary N) is 1. The predicted octanol–water partition coefficient (Wildman–Crippen LogP) is 4.21. The number of furan rings is 1. The molecule has 5 rings (SSSR count). The van der Waals surface area contributed by atoms with E-state index in [-0.39, 0.29) is 11.9 Å². The Hall–Kier alpha value is -3.74. The van der Waals surface area contributed by atoms with E-state index < -0.39 is 0 Å². The molecule has 0 aliphatic heterocycles. The zero-order chi connectivity index (χ0) is 21.4. The smallest absolute Gasteiger partial charge is 0.255 e. The average Bonchev–Trinajstić information content (AvgIpc) is 3.41. The van der Waals surface area contributed by atoms with Crippen molar-refractivity contribution in [1.82, 2.24) is 25.1 Å². The van der Waals surface area contributed by atoms with Crippen molar-refractivity contribution in [2.24, 2.45) is 0 Å². The van der Waals surface area contributed by atoms with Gasteiger partial charge in [-0.3, -0.25) is 4.79 Å². The summed E-state index contributed by atoms with van der Waals surface area (Å²) in [5.41, 5.74) is 5.71. The van der Waals surface area contributed by atoms with Crippen LogP contribution in [0.1, 0.15) is 52.3 Å². The van der Waals surface area contributed by atoms with Gasteiger partial charge >= 0.3 is 0 Å². The highest BCUT2D eigenvalue weighted by Crippen LogP contribution is 2.31. The number of hydrogen-bond acceptors (Lipinski definition) is 5. The zero-order valence-electron chi connectivity index (χ0n) is 17.5. The minimum absolute atomic E-state index is 0.215. The predicted molar refractivity (Wildman–Crippen MR) is 116 cm³/mol. The van der Waals surface area contributed by atoms with Crippen molar-refractivity contribution in [2.45, 2.75) is 39.2 Å². The molecule has 3 aromatic heterocycles. The highest BCUT2D eigenvalue weighted by molar-refractivity contribution is 5.95. The van der Waals surface area contributed by atoms with Crippen LogP contribution in [0, 0.1) is 6.92 Å². The molecule has 1 aromatic carbocycles. The van der Waals surface area contributed by atoms with Gasteiger partial charge in [0, 0.05) is 11.8 Å². The molecule has 4 aromatic rings. The number of fused-ring (bicyclic) bond motifs is 3. The summed E-state index contributed by atoms with van der Waals surface area (Å²) in [7, 11) is 0. The van der Waals surface area contributed by atoms with Crippen LogP contribution in [0.15, 0.2) is 59.5 Å². The lowest BCUT2D eigenvalue weighted by Gasteiger charge is -2.12. The van der Waals surface area contributed by atoms with Crippen LogP contribution in [0.2, 0.25) is 0 Å². The minimum Gasteiger partial charge on any atom is -0.467 e. The molecule has 1 unspecified atom stereocenters. The second-order valence-corrected chi connectivity index (χ2v) is 7.82. The minimum atomic E-state index is -0.245. The molecular formula is C24H23N5O2. The fourth-order valence-electron chi connectivity index (χ4n) is 4.07. The highest BCUT2D eigenvalue weighted by atomic mass is 16.3. The van der Waals surface area contributed by atoms with E-state index in [2.05, 4.69) is 33.6 Å². The maximum absolute atomic E-state index is 12.8. The lowest BCUT2D eigenvalue weighted by Crippen LogP contribution is -2.26. The van der Waals surface area contributed by atoms with Crippen LogP contribution in [-0.4, -0.2) is 25.7 Å². The first-order valence-electron chi connectivity index (χ1n) is 10.5. The van der Waals surface area contributed by atoms with Crippen LogP contribution in [0.4, 0.5) is 0 Å². The first kappa shape index (κ1) is 19.2. The lowest BCUT2D eigenvalue weighted by molar-refractivity contribution is 0.0934. The van der Waals surface area contributed by atoms with E-state index in [0.29, 0.717) is 23.0 Å². The second-order valence-electron chi connectivity index (χ2n) is 7.82. The van der Waals surface area contributed by atoms with Crippen molar-refractivity contribution < 1.29 is 9.21 Å². The molecular weight excluding hydrogens is 390 g/mol. The first-order chi connectivity index (χ1) is 15.1. The van der Waals surface area contributed by atoms with E-state index in [1.165, 1.54) is 5.56 Å². The van der Waals surface area contributed by atoms with Gasteiger partial charge in [-0.15, -0.1) is 0 Å². The van der Waals surface area contributed by atoms with Gasteiger partial charge < -0.3 is 9.73 Å². The summed E-state index contributed by atoms with van der Waals surface area (Å²) >= 11 is 0. The Morgan fingerprint density at radius 2 is 1.97 bits per heavy atom. The molecule has 0 spiro atoms. The number of carbonyl (C=O) groups is 1. The molecule has 1 aliphatic rings.